The second kappa shape index (κ2) is 5.51. The first kappa shape index (κ1) is 14.0. The summed E-state index contributed by atoms with van der Waals surface area (Å²) >= 11 is 0. The summed E-state index contributed by atoms with van der Waals surface area (Å²) in [4.78, 5) is 0. The van der Waals surface area contributed by atoms with Crippen molar-refractivity contribution in [2.75, 3.05) is 6.54 Å². The van der Waals surface area contributed by atoms with Crippen LogP contribution >= 0.6 is 0 Å². The van der Waals surface area contributed by atoms with Crippen LogP contribution in [-0.4, -0.2) is 23.9 Å². The highest BCUT2D eigenvalue weighted by molar-refractivity contribution is 5.23. The van der Waals surface area contributed by atoms with Gasteiger partial charge in [0.05, 0.1) is 0 Å². The molecule has 0 aliphatic rings. The summed E-state index contributed by atoms with van der Waals surface area (Å²) in [6, 6.07) is 7.27. The minimum absolute atomic E-state index is 0.229. The Morgan fingerprint density at radius 1 is 1.24 bits per heavy atom. The molecule has 1 aromatic rings. The highest BCUT2D eigenvalue weighted by Gasteiger charge is 2.37. The quantitative estimate of drug-likeness (QED) is 0.857. The van der Waals surface area contributed by atoms with Crippen LogP contribution in [0.1, 0.15) is 24.1 Å². The van der Waals surface area contributed by atoms with Crippen LogP contribution in [-0.2, 0) is 0 Å². The molecule has 1 rings (SSSR count). The molecule has 0 aromatic heterocycles. The molecule has 2 nitrogen and oxygen atoms in total. The lowest BCUT2D eigenvalue weighted by Crippen LogP contribution is -2.39. The summed E-state index contributed by atoms with van der Waals surface area (Å²) < 4.78 is 36.2. The standard InChI is InChI=1S/C12H16F3NO/c1-8-3-5-10(6-4-8)9(2)16-7-11(17)12(13,14)15/h3-6,9,11,16-17H,7H2,1-2H3. The van der Waals surface area contributed by atoms with Crippen molar-refractivity contribution in [1.29, 1.82) is 0 Å². The fraction of sp³-hybridized carbons (Fsp3) is 0.500. The maximum absolute atomic E-state index is 12.1. The Bertz CT molecular complexity index is 348. The average molecular weight is 247 g/mol. The molecule has 0 saturated heterocycles. The Labute approximate surface area is 98.5 Å². The van der Waals surface area contributed by atoms with Gasteiger partial charge in [-0.3, -0.25) is 0 Å². The largest absolute Gasteiger partial charge is 0.415 e. The van der Waals surface area contributed by atoms with Gasteiger partial charge in [-0.2, -0.15) is 13.2 Å². The lowest BCUT2D eigenvalue weighted by Gasteiger charge is -2.19. The Hall–Kier alpha value is -1.07. The van der Waals surface area contributed by atoms with Crippen molar-refractivity contribution in [3.63, 3.8) is 0 Å². The molecule has 2 unspecified atom stereocenters. The number of aliphatic hydroxyl groups is 1. The zero-order valence-electron chi connectivity index (χ0n) is 9.75. The monoisotopic (exact) mass is 247 g/mol. The maximum atomic E-state index is 12.1. The zero-order chi connectivity index (χ0) is 13.1. The lowest BCUT2D eigenvalue weighted by molar-refractivity contribution is -0.202. The third-order valence-corrected chi connectivity index (χ3v) is 2.57. The number of benzene rings is 1. The molecule has 0 saturated carbocycles. The minimum Gasteiger partial charge on any atom is -0.382 e. The van der Waals surface area contributed by atoms with Gasteiger partial charge in [0, 0.05) is 12.6 Å². The maximum Gasteiger partial charge on any atom is 0.415 e. The Morgan fingerprint density at radius 3 is 2.24 bits per heavy atom. The Morgan fingerprint density at radius 2 is 1.76 bits per heavy atom. The van der Waals surface area contributed by atoms with Gasteiger partial charge in [-0.15, -0.1) is 0 Å². The molecule has 0 radical (unpaired) electrons. The van der Waals surface area contributed by atoms with Gasteiger partial charge in [0.15, 0.2) is 6.10 Å². The molecular formula is C12H16F3NO. The van der Waals surface area contributed by atoms with Crippen molar-refractivity contribution in [2.24, 2.45) is 0 Å². The van der Waals surface area contributed by atoms with Crippen LogP contribution in [0.5, 0.6) is 0 Å². The van der Waals surface area contributed by atoms with Gasteiger partial charge in [-0.25, -0.2) is 0 Å². The number of hydrogen-bond donors (Lipinski definition) is 2. The molecule has 0 aliphatic carbocycles. The molecular weight excluding hydrogens is 231 g/mol. The van der Waals surface area contributed by atoms with Crippen molar-refractivity contribution < 1.29 is 18.3 Å². The lowest BCUT2D eigenvalue weighted by atomic mass is 10.1. The van der Waals surface area contributed by atoms with Gasteiger partial charge in [-0.05, 0) is 19.4 Å². The van der Waals surface area contributed by atoms with Gasteiger partial charge < -0.3 is 10.4 Å². The van der Waals surface area contributed by atoms with Gasteiger partial charge in [0.2, 0.25) is 0 Å². The molecule has 2 atom stereocenters. The summed E-state index contributed by atoms with van der Waals surface area (Å²) in [5, 5.41) is 11.5. The summed E-state index contributed by atoms with van der Waals surface area (Å²) in [6.07, 6.45) is -6.89. The highest BCUT2D eigenvalue weighted by Crippen LogP contribution is 2.20. The van der Waals surface area contributed by atoms with Crippen molar-refractivity contribution >= 4 is 0 Å². The van der Waals surface area contributed by atoms with E-state index in [2.05, 4.69) is 5.32 Å². The molecule has 0 bridgehead atoms. The number of aryl methyl sites for hydroxylation is 1. The van der Waals surface area contributed by atoms with Crippen LogP contribution in [0.15, 0.2) is 24.3 Å². The van der Waals surface area contributed by atoms with Crippen LogP contribution in [0, 0.1) is 6.92 Å². The topological polar surface area (TPSA) is 32.3 Å². The van der Waals surface area contributed by atoms with Crippen molar-refractivity contribution in [3.05, 3.63) is 35.4 Å². The van der Waals surface area contributed by atoms with Gasteiger partial charge in [0.25, 0.3) is 0 Å². The molecule has 96 valence electrons. The third kappa shape index (κ3) is 4.36. The summed E-state index contributed by atoms with van der Waals surface area (Å²) in [6.45, 7) is 3.20. The van der Waals surface area contributed by atoms with E-state index in [9.17, 15) is 13.2 Å². The first-order valence-corrected chi connectivity index (χ1v) is 5.35. The predicted octanol–water partition coefficient (Wildman–Crippen LogP) is 2.57. The van der Waals surface area contributed by atoms with Crippen LogP contribution in [0.3, 0.4) is 0 Å². The number of nitrogens with one attached hydrogen (secondary N) is 1. The number of rotatable bonds is 4. The Kier molecular flexibility index (Phi) is 4.54. The smallest absolute Gasteiger partial charge is 0.382 e. The Balaban J connectivity index is 2.50. The van der Waals surface area contributed by atoms with E-state index in [0.29, 0.717) is 0 Å². The van der Waals surface area contributed by atoms with E-state index >= 15 is 0 Å². The molecule has 0 amide bonds. The number of aliphatic hydroxyl groups excluding tert-OH is 1. The first-order chi connectivity index (χ1) is 7.80. The zero-order valence-corrected chi connectivity index (χ0v) is 9.75. The fourth-order valence-corrected chi connectivity index (χ4v) is 1.38. The molecule has 5 heteroatoms. The van der Waals surface area contributed by atoms with Gasteiger partial charge in [0.1, 0.15) is 0 Å². The predicted molar refractivity (Wildman–Crippen MR) is 59.7 cm³/mol. The van der Waals surface area contributed by atoms with Crippen molar-refractivity contribution in [2.45, 2.75) is 32.2 Å². The van der Waals surface area contributed by atoms with E-state index in [1.165, 1.54) is 0 Å². The van der Waals surface area contributed by atoms with Crippen LogP contribution in [0.4, 0.5) is 13.2 Å². The molecule has 0 heterocycles. The van der Waals surface area contributed by atoms with Crippen LogP contribution in [0.25, 0.3) is 0 Å². The van der Waals surface area contributed by atoms with Crippen molar-refractivity contribution in [3.8, 4) is 0 Å². The van der Waals surface area contributed by atoms with E-state index < -0.39 is 18.8 Å². The first-order valence-electron chi connectivity index (χ1n) is 5.35. The van der Waals surface area contributed by atoms with Crippen LogP contribution < -0.4 is 5.32 Å². The number of alkyl halides is 3. The second-order valence-electron chi connectivity index (χ2n) is 4.10. The molecule has 2 N–H and O–H groups in total. The highest BCUT2D eigenvalue weighted by atomic mass is 19.4. The molecule has 17 heavy (non-hydrogen) atoms. The van der Waals surface area contributed by atoms with Crippen molar-refractivity contribution in [1.82, 2.24) is 5.32 Å². The van der Waals surface area contributed by atoms with Crippen LogP contribution in [0.2, 0.25) is 0 Å². The SMILES string of the molecule is Cc1ccc(C(C)NCC(O)C(F)(F)F)cc1. The number of hydrogen-bond acceptors (Lipinski definition) is 2. The molecule has 0 aliphatic heterocycles. The molecule has 1 aromatic carbocycles. The van der Waals surface area contributed by atoms with Gasteiger partial charge in [-0.1, -0.05) is 29.8 Å². The average Bonchev–Trinajstić information content (AvgIpc) is 2.25. The fourth-order valence-electron chi connectivity index (χ4n) is 1.38. The second-order valence-corrected chi connectivity index (χ2v) is 4.10. The third-order valence-electron chi connectivity index (χ3n) is 2.57. The summed E-state index contributed by atoms with van der Waals surface area (Å²) in [7, 11) is 0. The minimum atomic E-state index is -4.57. The van der Waals surface area contributed by atoms with E-state index in [-0.39, 0.29) is 6.04 Å². The summed E-state index contributed by atoms with van der Waals surface area (Å²) in [5.74, 6) is 0. The van der Waals surface area contributed by atoms with E-state index in [4.69, 9.17) is 5.11 Å². The van der Waals surface area contributed by atoms with Gasteiger partial charge >= 0.3 is 6.18 Å². The molecule has 0 spiro atoms. The number of halogens is 3. The normalized spacial score (nSPS) is 15.6. The van der Waals surface area contributed by atoms with E-state index in [1.54, 1.807) is 6.92 Å². The molecule has 0 fully saturated rings. The van der Waals surface area contributed by atoms with E-state index in [0.717, 1.165) is 11.1 Å². The van der Waals surface area contributed by atoms with E-state index in [1.807, 2.05) is 31.2 Å². The summed E-state index contributed by atoms with van der Waals surface area (Å²) in [5.41, 5.74) is 1.99.